The Morgan fingerprint density at radius 2 is 1.74 bits per heavy atom. The molecule has 0 radical (unpaired) electrons. The summed E-state index contributed by atoms with van der Waals surface area (Å²) in [5.41, 5.74) is 6.28. The molecule has 0 spiro atoms. The molecule has 0 N–H and O–H groups in total. The van der Waals surface area contributed by atoms with Crippen molar-refractivity contribution in [1.82, 2.24) is 24.0 Å². The number of benzene rings is 2. The van der Waals surface area contributed by atoms with Crippen molar-refractivity contribution in [3.05, 3.63) is 106 Å². The lowest BCUT2D eigenvalue weighted by atomic mass is 10.1. The lowest BCUT2D eigenvalue weighted by Gasteiger charge is -2.23. The third-order valence-corrected chi connectivity index (χ3v) is 6.33. The first-order chi connectivity index (χ1) is 16.6. The first kappa shape index (κ1) is 22.0. The zero-order valence-electron chi connectivity index (χ0n) is 19.7. The quantitative estimate of drug-likeness (QED) is 0.344. The number of rotatable bonds is 8. The van der Waals surface area contributed by atoms with E-state index < -0.39 is 0 Å². The van der Waals surface area contributed by atoms with Crippen molar-refractivity contribution in [1.29, 1.82) is 0 Å². The molecule has 3 heterocycles. The van der Waals surface area contributed by atoms with Crippen molar-refractivity contribution in [2.24, 2.45) is 7.05 Å². The summed E-state index contributed by atoms with van der Waals surface area (Å²) in [6, 6.07) is 20.2. The first-order valence-corrected chi connectivity index (χ1v) is 11.7. The van der Waals surface area contributed by atoms with Gasteiger partial charge in [0.05, 0.1) is 22.9 Å². The van der Waals surface area contributed by atoms with E-state index in [-0.39, 0.29) is 5.43 Å². The second kappa shape index (κ2) is 9.61. The van der Waals surface area contributed by atoms with Gasteiger partial charge in [0.25, 0.3) is 0 Å². The minimum atomic E-state index is 0.116. The van der Waals surface area contributed by atoms with E-state index in [1.54, 1.807) is 0 Å². The summed E-state index contributed by atoms with van der Waals surface area (Å²) in [7, 11) is 2.01. The molecule has 2 aromatic carbocycles. The standard InChI is InChI=1S/C28H29N5O/c1-21-16-22(12-13-29-21)17-32(14-7-15-33-20-30-25-9-4-6-11-27(25)33)19-23-18-31(2)26-10-5-3-8-24(26)28(23)34/h3-6,8-13,16,18,20H,7,14-15,17,19H2,1-2H3. The van der Waals surface area contributed by atoms with E-state index in [4.69, 9.17) is 0 Å². The second-order valence-corrected chi connectivity index (χ2v) is 8.91. The summed E-state index contributed by atoms with van der Waals surface area (Å²) in [5.74, 6) is 0. The van der Waals surface area contributed by atoms with Gasteiger partial charge >= 0.3 is 0 Å². The van der Waals surface area contributed by atoms with E-state index in [1.807, 2.05) is 75.2 Å². The summed E-state index contributed by atoms with van der Waals surface area (Å²) >= 11 is 0. The average molecular weight is 452 g/mol. The number of nitrogens with zero attached hydrogens (tertiary/aromatic N) is 5. The lowest BCUT2D eigenvalue weighted by molar-refractivity contribution is 0.248. The predicted octanol–water partition coefficient (Wildman–Crippen LogP) is 4.68. The molecule has 0 unspecified atom stereocenters. The zero-order chi connectivity index (χ0) is 23.5. The van der Waals surface area contributed by atoms with Crippen LogP contribution in [0.5, 0.6) is 0 Å². The molecule has 172 valence electrons. The van der Waals surface area contributed by atoms with Crippen LogP contribution in [0.3, 0.4) is 0 Å². The minimum Gasteiger partial charge on any atom is -0.350 e. The van der Waals surface area contributed by atoms with Crippen LogP contribution in [-0.4, -0.2) is 30.5 Å². The van der Waals surface area contributed by atoms with Gasteiger partial charge < -0.3 is 9.13 Å². The molecule has 0 fully saturated rings. The summed E-state index contributed by atoms with van der Waals surface area (Å²) in [6.45, 7) is 5.12. The zero-order valence-corrected chi connectivity index (χ0v) is 19.7. The molecule has 5 aromatic rings. The smallest absolute Gasteiger partial charge is 0.193 e. The maximum absolute atomic E-state index is 13.3. The van der Waals surface area contributed by atoms with E-state index in [0.29, 0.717) is 6.54 Å². The van der Waals surface area contributed by atoms with Gasteiger partial charge in [-0.25, -0.2) is 4.98 Å². The van der Waals surface area contributed by atoms with Crippen LogP contribution in [0.2, 0.25) is 0 Å². The van der Waals surface area contributed by atoms with Crippen LogP contribution in [0.15, 0.2) is 84.2 Å². The fourth-order valence-electron chi connectivity index (χ4n) is 4.69. The number of imidazole rings is 1. The summed E-state index contributed by atoms with van der Waals surface area (Å²) in [5, 5.41) is 0.770. The third-order valence-electron chi connectivity index (χ3n) is 6.33. The second-order valence-electron chi connectivity index (χ2n) is 8.91. The molecule has 0 bridgehead atoms. The monoisotopic (exact) mass is 451 g/mol. The van der Waals surface area contributed by atoms with Crippen molar-refractivity contribution in [3.8, 4) is 0 Å². The van der Waals surface area contributed by atoms with Gasteiger partial charge in [0.1, 0.15) is 0 Å². The Hall–Kier alpha value is -3.77. The Kier molecular flexibility index (Phi) is 6.23. The Morgan fingerprint density at radius 1 is 0.941 bits per heavy atom. The number of fused-ring (bicyclic) bond motifs is 2. The Labute approximate surface area is 199 Å². The summed E-state index contributed by atoms with van der Waals surface area (Å²) in [4.78, 5) is 24.5. The van der Waals surface area contributed by atoms with Gasteiger partial charge in [-0.1, -0.05) is 24.3 Å². The van der Waals surface area contributed by atoms with Crippen LogP contribution in [0.4, 0.5) is 0 Å². The van der Waals surface area contributed by atoms with Gasteiger partial charge in [-0.2, -0.15) is 0 Å². The molecule has 0 saturated carbocycles. The van der Waals surface area contributed by atoms with E-state index in [2.05, 4.69) is 42.2 Å². The van der Waals surface area contributed by atoms with E-state index in [9.17, 15) is 4.79 Å². The molecule has 6 heteroatoms. The number of hydrogen-bond donors (Lipinski definition) is 0. The van der Waals surface area contributed by atoms with Crippen LogP contribution in [0.25, 0.3) is 21.9 Å². The molecule has 0 amide bonds. The Balaban J connectivity index is 1.38. The van der Waals surface area contributed by atoms with Crippen molar-refractivity contribution in [2.45, 2.75) is 33.0 Å². The SMILES string of the molecule is Cc1cc(CN(CCCn2cnc3ccccc32)Cc2cn(C)c3ccccc3c2=O)ccn1. The van der Waals surface area contributed by atoms with Crippen molar-refractivity contribution in [2.75, 3.05) is 6.54 Å². The van der Waals surface area contributed by atoms with Crippen molar-refractivity contribution >= 4 is 21.9 Å². The molecule has 5 rings (SSSR count). The highest BCUT2D eigenvalue weighted by Gasteiger charge is 2.13. The molecule has 3 aromatic heterocycles. The number of hydrogen-bond acceptors (Lipinski definition) is 4. The predicted molar refractivity (Wildman–Crippen MR) is 137 cm³/mol. The highest BCUT2D eigenvalue weighted by atomic mass is 16.1. The van der Waals surface area contributed by atoms with Gasteiger partial charge in [-0.15, -0.1) is 0 Å². The lowest BCUT2D eigenvalue weighted by Crippen LogP contribution is -2.28. The summed E-state index contributed by atoms with van der Waals surface area (Å²) < 4.78 is 4.26. The molecular weight excluding hydrogens is 422 g/mol. The van der Waals surface area contributed by atoms with Crippen LogP contribution in [0.1, 0.15) is 23.2 Å². The maximum Gasteiger partial charge on any atom is 0.193 e. The van der Waals surface area contributed by atoms with Crippen LogP contribution in [0, 0.1) is 6.92 Å². The Bertz CT molecular complexity index is 1500. The molecule has 0 aliphatic heterocycles. The highest BCUT2D eigenvalue weighted by molar-refractivity contribution is 5.79. The number of aryl methyl sites for hydroxylation is 3. The fraction of sp³-hybridized carbons (Fsp3) is 0.250. The van der Waals surface area contributed by atoms with Gasteiger partial charge in [-0.3, -0.25) is 14.7 Å². The molecule has 34 heavy (non-hydrogen) atoms. The average Bonchev–Trinajstić information content (AvgIpc) is 3.25. The number of pyridine rings is 2. The number of para-hydroxylation sites is 3. The largest absolute Gasteiger partial charge is 0.350 e. The molecule has 0 atom stereocenters. The first-order valence-electron chi connectivity index (χ1n) is 11.7. The van der Waals surface area contributed by atoms with Crippen LogP contribution in [-0.2, 0) is 26.7 Å². The molecular formula is C28H29N5O. The highest BCUT2D eigenvalue weighted by Crippen LogP contribution is 2.16. The van der Waals surface area contributed by atoms with Crippen LogP contribution < -0.4 is 5.43 Å². The van der Waals surface area contributed by atoms with E-state index in [0.717, 1.165) is 59.2 Å². The normalized spacial score (nSPS) is 11.6. The van der Waals surface area contributed by atoms with Crippen molar-refractivity contribution < 1.29 is 0 Å². The van der Waals surface area contributed by atoms with Gasteiger partial charge in [0.2, 0.25) is 0 Å². The molecule has 0 aliphatic rings. The maximum atomic E-state index is 13.3. The minimum absolute atomic E-state index is 0.116. The van der Waals surface area contributed by atoms with Gasteiger partial charge in [0.15, 0.2) is 5.43 Å². The third kappa shape index (κ3) is 4.63. The number of aromatic nitrogens is 4. The molecule has 0 saturated heterocycles. The van der Waals surface area contributed by atoms with Gasteiger partial charge in [-0.05, 0) is 55.3 Å². The van der Waals surface area contributed by atoms with E-state index >= 15 is 0 Å². The summed E-state index contributed by atoms with van der Waals surface area (Å²) in [6.07, 6.45) is 6.72. The molecule has 0 aliphatic carbocycles. The molecule has 6 nitrogen and oxygen atoms in total. The van der Waals surface area contributed by atoms with E-state index in [1.165, 1.54) is 5.56 Å². The van der Waals surface area contributed by atoms with Crippen molar-refractivity contribution in [3.63, 3.8) is 0 Å². The Morgan fingerprint density at radius 3 is 2.59 bits per heavy atom. The topological polar surface area (TPSA) is 56.0 Å². The van der Waals surface area contributed by atoms with Crippen LogP contribution >= 0.6 is 0 Å². The van der Waals surface area contributed by atoms with Gasteiger partial charge in [0, 0.05) is 62.3 Å². The fourth-order valence-corrected chi connectivity index (χ4v) is 4.69.